The van der Waals surface area contributed by atoms with Crippen LogP contribution in [0, 0.1) is 0 Å². The number of carbonyl (C=O) groups excluding carboxylic acids is 1. The molecule has 0 aromatic carbocycles. The lowest BCUT2D eigenvalue weighted by molar-refractivity contribution is -0.131. The van der Waals surface area contributed by atoms with Crippen molar-refractivity contribution in [1.82, 2.24) is 19.7 Å². The van der Waals surface area contributed by atoms with Crippen molar-refractivity contribution in [2.75, 3.05) is 6.54 Å². The summed E-state index contributed by atoms with van der Waals surface area (Å²) in [6.07, 6.45) is 7.23. The van der Waals surface area contributed by atoms with Crippen LogP contribution in [-0.2, 0) is 24.2 Å². The fourth-order valence-electron chi connectivity index (χ4n) is 3.76. The lowest BCUT2D eigenvalue weighted by Gasteiger charge is -2.24. The average Bonchev–Trinajstić information content (AvgIpc) is 3.26. The molecule has 2 aliphatic heterocycles. The van der Waals surface area contributed by atoms with E-state index in [0.717, 1.165) is 49.6 Å². The van der Waals surface area contributed by atoms with Crippen molar-refractivity contribution < 1.29 is 4.79 Å². The number of carbonyl (C=O) groups is 1. The van der Waals surface area contributed by atoms with Crippen molar-refractivity contribution in [2.45, 2.75) is 57.5 Å². The van der Waals surface area contributed by atoms with Gasteiger partial charge in [-0.15, -0.1) is 10.2 Å². The van der Waals surface area contributed by atoms with Crippen LogP contribution in [0.25, 0.3) is 0 Å². The molecular weight excluding hydrogens is 308 g/mol. The Balaban J connectivity index is 1.56. The lowest BCUT2D eigenvalue weighted by Crippen LogP contribution is -2.33. The average molecular weight is 330 g/mol. The van der Waals surface area contributed by atoms with Gasteiger partial charge in [0.05, 0.1) is 12.5 Å². The molecule has 2 aliphatic rings. The van der Waals surface area contributed by atoms with Crippen LogP contribution in [0.3, 0.4) is 0 Å². The van der Waals surface area contributed by atoms with Gasteiger partial charge in [0.1, 0.15) is 5.82 Å². The summed E-state index contributed by atoms with van der Waals surface area (Å²) in [5.74, 6) is 2.34. The molecule has 0 spiro atoms. The van der Waals surface area contributed by atoms with E-state index in [0.29, 0.717) is 6.42 Å². The van der Waals surface area contributed by atoms with Crippen LogP contribution in [0.4, 0.5) is 0 Å². The van der Waals surface area contributed by atoms with Gasteiger partial charge in [-0.05, 0) is 48.1 Å². The molecule has 0 aliphatic carbocycles. The highest BCUT2D eigenvalue weighted by molar-refractivity contribution is 7.07. The summed E-state index contributed by atoms with van der Waals surface area (Å²) < 4.78 is 2.29. The third-order valence-corrected chi connectivity index (χ3v) is 5.68. The van der Waals surface area contributed by atoms with E-state index in [1.807, 2.05) is 16.3 Å². The predicted octanol–water partition coefficient (Wildman–Crippen LogP) is 2.97. The molecule has 4 heterocycles. The van der Waals surface area contributed by atoms with Crippen molar-refractivity contribution in [3.8, 4) is 0 Å². The van der Waals surface area contributed by atoms with Crippen LogP contribution in [0.5, 0.6) is 0 Å². The Morgan fingerprint density at radius 2 is 2.17 bits per heavy atom. The first-order chi connectivity index (χ1) is 11.3. The molecular formula is C17H22N4OS. The van der Waals surface area contributed by atoms with Gasteiger partial charge in [-0.25, -0.2) is 0 Å². The van der Waals surface area contributed by atoms with E-state index < -0.39 is 0 Å². The number of hydrogen-bond donors (Lipinski definition) is 0. The van der Waals surface area contributed by atoms with Gasteiger partial charge in [0.15, 0.2) is 5.82 Å². The normalized spacial score (nSPS) is 21.2. The van der Waals surface area contributed by atoms with Crippen molar-refractivity contribution in [2.24, 2.45) is 0 Å². The highest BCUT2D eigenvalue weighted by atomic mass is 32.1. The van der Waals surface area contributed by atoms with Crippen molar-refractivity contribution in [3.05, 3.63) is 34.0 Å². The second-order valence-corrected chi connectivity index (χ2v) is 7.27. The molecule has 0 saturated carbocycles. The molecule has 1 saturated heterocycles. The molecule has 1 amide bonds. The summed E-state index contributed by atoms with van der Waals surface area (Å²) in [6.45, 7) is 1.84. The second-order valence-electron chi connectivity index (χ2n) is 6.49. The SMILES string of the molecule is O=C(Cc1ccsc1)N1CCCC1c1nnc2n1CCCCC2. The fourth-order valence-corrected chi connectivity index (χ4v) is 4.43. The van der Waals surface area contributed by atoms with E-state index in [9.17, 15) is 4.79 Å². The molecule has 1 unspecified atom stereocenters. The highest BCUT2D eigenvalue weighted by Crippen LogP contribution is 2.32. The third kappa shape index (κ3) is 2.92. The number of hydrogen-bond acceptors (Lipinski definition) is 4. The summed E-state index contributed by atoms with van der Waals surface area (Å²) in [5.41, 5.74) is 1.12. The molecule has 122 valence electrons. The number of rotatable bonds is 3. The molecule has 6 heteroatoms. The number of fused-ring (bicyclic) bond motifs is 1. The molecule has 0 radical (unpaired) electrons. The van der Waals surface area contributed by atoms with E-state index in [4.69, 9.17) is 0 Å². The maximum atomic E-state index is 12.7. The summed E-state index contributed by atoms with van der Waals surface area (Å²) in [6, 6.07) is 2.15. The summed E-state index contributed by atoms with van der Waals surface area (Å²) in [5, 5.41) is 13.0. The van der Waals surface area contributed by atoms with Gasteiger partial charge in [0.2, 0.25) is 5.91 Å². The predicted molar refractivity (Wildman–Crippen MR) is 89.3 cm³/mol. The van der Waals surface area contributed by atoms with Gasteiger partial charge < -0.3 is 9.47 Å². The molecule has 23 heavy (non-hydrogen) atoms. The van der Waals surface area contributed by atoms with Crippen LogP contribution in [0.15, 0.2) is 16.8 Å². The Morgan fingerprint density at radius 3 is 3.04 bits per heavy atom. The monoisotopic (exact) mass is 330 g/mol. The van der Waals surface area contributed by atoms with Gasteiger partial charge in [-0.3, -0.25) is 4.79 Å². The molecule has 4 rings (SSSR count). The minimum atomic E-state index is 0.112. The number of amides is 1. The van der Waals surface area contributed by atoms with Crippen LogP contribution >= 0.6 is 11.3 Å². The second kappa shape index (κ2) is 6.43. The van der Waals surface area contributed by atoms with E-state index in [-0.39, 0.29) is 11.9 Å². The molecule has 2 aromatic heterocycles. The van der Waals surface area contributed by atoms with Crippen LogP contribution < -0.4 is 0 Å². The zero-order valence-electron chi connectivity index (χ0n) is 13.3. The Kier molecular flexibility index (Phi) is 4.16. The fraction of sp³-hybridized carbons (Fsp3) is 0.588. The Hall–Kier alpha value is -1.69. The molecule has 0 bridgehead atoms. The zero-order chi connectivity index (χ0) is 15.6. The maximum absolute atomic E-state index is 12.7. The van der Waals surface area contributed by atoms with E-state index in [1.54, 1.807) is 11.3 Å². The lowest BCUT2D eigenvalue weighted by atomic mass is 10.1. The quantitative estimate of drug-likeness (QED) is 0.869. The molecule has 1 atom stereocenters. The van der Waals surface area contributed by atoms with Crippen LogP contribution in [-0.4, -0.2) is 32.1 Å². The van der Waals surface area contributed by atoms with Crippen molar-refractivity contribution in [3.63, 3.8) is 0 Å². The van der Waals surface area contributed by atoms with Crippen molar-refractivity contribution in [1.29, 1.82) is 0 Å². The molecule has 2 aromatic rings. The summed E-state index contributed by atoms with van der Waals surface area (Å²) in [7, 11) is 0. The standard InChI is InChI=1S/C17H22N4OS/c22-16(11-13-7-10-23-12-13)20-9-4-5-14(20)17-19-18-15-6-2-1-3-8-21(15)17/h7,10,12,14H,1-6,8-9,11H2. The summed E-state index contributed by atoms with van der Waals surface area (Å²) in [4.78, 5) is 14.8. The van der Waals surface area contributed by atoms with Gasteiger partial charge in [0.25, 0.3) is 0 Å². The Labute approximate surface area is 140 Å². The number of nitrogens with zero attached hydrogens (tertiary/aromatic N) is 4. The molecule has 1 fully saturated rings. The first-order valence-corrected chi connectivity index (χ1v) is 9.50. The number of thiophene rings is 1. The minimum absolute atomic E-state index is 0.112. The third-order valence-electron chi connectivity index (χ3n) is 4.94. The van der Waals surface area contributed by atoms with Gasteiger partial charge in [0, 0.05) is 19.5 Å². The van der Waals surface area contributed by atoms with E-state index >= 15 is 0 Å². The zero-order valence-corrected chi connectivity index (χ0v) is 14.1. The smallest absolute Gasteiger partial charge is 0.227 e. The minimum Gasteiger partial charge on any atom is -0.332 e. The molecule has 0 N–H and O–H groups in total. The van der Waals surface area contributed by atoms with Gasteiger partial charge in [-0.1, -0.05) is 6.42 Å². The highest BCUT2D eigenvalue weighted by Gasteiger charge is 2.34. The topological polar surface area (TPSA) is 51.0 Å². The largest absolute Gasteiger partial charge is 0.332 e. The van der Waals surface area contributed by atoms with Gasteiger partial charge >= 0.3 is 0 Å². The number of aryl methyl sites for hydroxylation is 1. The number of likely N-dealkylation sites (tertiary alicyclic amines) is 1. The Bertz CT molecular complexity index is 679. The Morgan fingerprint density at radius 1 is 1.22 bits per heavy atom. The molecule has 5 nitrogen and oxygen atoms in total. The van der Waals surface area contributed by atoms with Crippen molar-refractivity contribution >= 4 is 17.2 Å². The van der Waals surface area contributed by atoms with Crippen LogP contribution in [0.2, 0.25) is 0 Å². The summed E-state index contributed by atoms with van der Waals surface area (Å²) >= 11 is 1.65. The number of aromatic nitrogens is 3. The van der Waals surface area contributed by atoms with E-state index in [2.05, 4.69) is 20.1 Å². The van der Waals surface area contributed by atoms with E-state index in [1.165, 1.54) is 19.3 Å². The first kappa shape index (κ1) is 14.9. The maximum Gasteiger partial charge on any atom is 0.227 e. The van der Waals surface area contributed by atoms with Crippen LogP contribution in [0.1, 0.15) is 55.4 Å². The first-order valence-electron chi connectivity index (χ1n) is 8.55. The van der Waals surface area contributed by atoms with Gasteiger partial charge in [-0.2, -0.15) is 11.3 Å².